The molecule has 0 bridgehead atoms. The third-order valence-corrected chi connectivity index (χ3v) is 2.85. The molecule has 20 heavy (non-hydrogen) atoms. The number of nitrogens with one attached hydrogen (secondary N) is 1. The number of carbonyl (C=O) groups is 1. The van der Waals surface area contributed by atoms with Crippen LogP contribution in [0.4, 0.5) is 0 Å². The van der Waals surface area contributed by atoms with E-state index in [1.54, 1.807) is 6.20 Å². The first-order valence-corrected chi connectivity index (χ1v) is 6.55. The van der Waals surface area contributed by atoms with Crippen LogP contribution in [0.15, 0.2) is 24.9 Å². The van der Waals surface area contributed by atoms with Crippen LogP contribution in [0.25, 0.3) is 0 Å². The number of carboxylic acids is 1. The Kier molecular flexibility index (Phi) is 5.24. The Hall–Kier alpha value is -2.22. The van der Waals surface area contributed by atoms with Gasteiger partial charge in [0.05, 0.1) is 19.1 Å². The van der Waals surface area contributed by atoms with Crippen molar-refractivity contribution in [2.24, 2.45) is 0 Å². The van der Waals surface area contributed by atoms with Crippen molar-refractivity contribution in [3.05, 3.63) is 30.6 Å². The second-order valence-electron chi connectivity index (χ2n) is 4.43. The molecule has 108 valence electrons. The fourth-order valence-corrected chi connectivity index (χ4v) is 1.79. The zero-order valence-corrected chi connectivity index (χ0v) is 11.1. The maximum atomic E-state index is 10.6. The Morgan fingerprint density at radius 1 is 1.30 bits per heavy atom. The molecule has 0 spiro atoms. The van der Waals surface area contributed by atoms with Crippen LogP contribution in [0, 0.1) is 0 Å². The molecule has 0 saturated carbocycles. The molecule has 0 radical (unpaired) electrons. The maximum absolute atomic E-state index is 10.6. The normalized spacial score (nSPS) is 10.8. The molecule has 2 rings (SSSR count). The summed E-state index contributed by atoms with van der Waals surface area (Å²) in [7, 11) is 0. The van der Waals surface area contributed by atoms with Gasteiger partial charge in [0, 0.05) is 25.5 Å². The lowest BCUT2D eigenvalue weighted by Gasteiger charge is -2.05. The summed E-state index contributed by atoms with van der Waals surface area (Å²) in [6.07, 6.45) is 9.16. The van der Waals surface area contributed by atoms with E-state index in [1.165, 1.54) is 10.9 Å². The monoisotopic (exact) mass is 278 g/mol. The number of unbranched alkanes of at least 4 members (excludes halogenated alkanes) is 1. The first-order valence-electron chi connectivity index (χ1n) is 6.55. The number of aromatic nitrogens is 5. The summed E-state index contributed by atoms with van der Waals surface area (Å²) in [5, 5.41) is 19.3. The molecule has 2 N–H and O–H groups in total. The van der Waals surface area contributed by atoms with Gasteiger partial charge in [-0.3, -0.25) is 4.68 Å². The number of hydrogen-bond acceptors (Lipinski definition) is 5. The lowest BCUT2D eigenvalue weighted by Crippen LogP contribution is -2.21. The van der Waals surface area contributed by atoms with E-state index in [9.17, 15) is 4.79 Å². The van der Waals surface area contributed by atoms with Gasteiger partial charge < -0.3 is 15.0 Å². The van der Waals surface area contributed by atoms with Crippen LogP contribution in [0.2, 0.25) is 0 Å². The summed E-state index contributed by atoms with van der Waals surface area (Å²) in [6.45, 7) is 3.26. The van der Waals surface area contributed by atoms with Crippen LogP contribution in [-0.4, -0.2) is 48.7 Å². The number of hydrogen-bond donors (Lipinski definition) is 2. The van der Waals surface area contributed by atoms with Crippen LogP contribution in [0.5, 0.6) is 0 Å². The summed E-state index contributed by atoms with van der Waals surface area (Å²) in [5.41, 5.74) is -0.0228. The molecular weight excluding hydrogens is 260 g/mol. The van der Waals surface area contributed by atoms with Gasteiger partial charge in [-0.1, -0.05) is 5.21 Å². The largest absolute Gasteiger partial charge is 0.476 e. The Bertz CT molecular complexity index is 522. The highest BCUT2D eigenvalue weighted by molar-refractivity contribution is 5.84. The summed E-state index contributed by atoms with van der Waals surface area (Å²) >= 11 is 0. The van der Waals surface area contributed by atoms with Crippen molar-refractivity contribution in [1.29, 1.82) is 0 Å². The second kappa shape index (κ2) is 7.39. The van der Waals surface area contributed by atoms with E-state index in [0.29, 0.717) is 6.54 Å². The van der Waals surface area contributed by atoms with E-state index in [-0.39, 0.29) is 5.69 Å². The van der Waals surface area contributed by atoms with Crippen LogP contribution < -0.4 is 5.32 Å². The van der Waals surface area contributed by atoms with Crippen molar-refractivity contribution in [1.82, 2.24) is 29.9 Å². The Morgan fingerprint density at radius 2 is 2.20 bits per heavy atom. The smallest absolute Gasteiger partial charge is 0.358 e. The first kappa shape index (κ1) is 14.2. The molecule has 0 aromatic carbocycles. The minimum Gasteiger partial charge on any atom is -0.476 e. The van der Waals surface area contributed by atoms with Crippen molar-refractivity contribution >= 4 is 5.97 Å². The standard InChI is InChI=1S/C12H18N6O2/c19-12(20)11-9-18(16-15-11)8-5-13-3-1-2-6-17-7-4-14-10-17/h4,7,9-10,13H,1-3,5-6,8H2,(H,19,20). The van der Waals surface area contributed by atoms with E-state index in [1.807, 2.05) is 12.5 Å². The number of nitrogens with zero attached hydrogens (tertiary/aromatic N) is 5. The second-order valence-corrected chi connectivity index (χ2v) is 4.43. The molecule has 0 unspecified atom stereocenters. The van der Waals surface area contributed by atoms with Crippen LogP contribution in [0.1, 0.15) is 23.3 Å². The topological polar surface area (TPSA) is 97.9 Å². The number of imidazole rings is 1. The molecule has 0 fully saturated rings. The first-order chi connectivity index (χ1) is 9.75. The van der Waals surface area contributed by atoms with Gasteiger partial charge in [0.1, 0.15) is 0 Å². The van der Waals surface area contributed by atoms with Crippen molar-refractivity contribution < 1.29 is 9.90 Å². The van der Waals surface area contributed by atoms with E-state index < -0.39 is 5.97 Å². The van der Waals surface area contributed by atoms with E-state index in [2.05, 4.69) is 25.2 Å². The number of rotatable bonds is 9. The van der Waals surface area contributed by atoms with Crippen molar-refractivity contribution in [2.45, 2.75) is 25.9 Å². The van der Waals surface area contributed by atoms with E-state index in [4.69, 9.17) is 5.11 Å². The van der Waals surface area contributed by atoms with Crippen molar-refractivity contribution in [3.63, 3.8) is 0 Å². The maximum Gasteiger partial charge on any atom is 0.358 e. The minimum absolute atomic E-state index is 0.0228. The molecule has 8 heteroatoms. The molecule has 0 atom stereocenters. The van der Waals surface area contributed by atoms with Crippen LogP contribution in [-0.2, 0) is 13.1 Å². The third kappa shape index (κ3) is 4.47. The summed E-state index contributed by atoms with van der Waals surface area (Å²) in [6, 6.07) is 0. The van der Waals surface area contributed by atoms with E-state index >= 15 is 0 Å². The number of carboxylic acid groups (broad SMARTS) is 1. The zero-order chi connectivity index (χ0) is 14.2. The predicted molar refractivity (Wildman–Crippen MR) is 71.3 cm³/mol. The van der Waals surface area contributed by atoms with Gasteiger partial charge in [0.25, 0.3) is 0 Å². The molecule has 2 heterocycles. The number of aryl methyl sites for hydroxylation is 1. The summed E-state index contributed by atoms with van der Waals surface area (Å²) in [5.74, 6) is -1.05. The Balaban J connectivity index is 1.52. The van der Waals surface area contributed by atoms with Gasteiger partial charge >= 0.3 is 5.97 Å². The highest BCUT2D eigenvalue weighted by Gasteiger charge is 2.07. The quantitative estimate of drug-likeness (QED) is 0.638. The van der Waals surface area contributed by atoms with Crippen LogP contribution in [0.3, 0.4) is 0 Å². The van der Waals surface area contributed by atoms with Crippen molar-refractivity contribution in [2.75, 3.05) is 13.1 Å². The van der Waals surface area contributed by atoms with Crippen molar-refractivity contribution in [3.8, 4) is 0 Å². The molecule has 2 aromatic heterocycles. The summed E-state index contributed by atoms with van der Waals surface area (Å²) in [4.78, 5) is 14.6. The molecule has 0 aliphatic carbocycles. The third-order valence-electron chi connectivity index (χ3n) is 2.85. The van der Waals surface area contributed by atoms with Gasteiger partial charge in [0.15, 0.2) is 5.69 Å². The van der Waals surface area contributed by atoms with Gasteiger partial charge in [0.2, 0.25) is 0 Å². The molecule has 0 aliphatic rings. The van der Waals surface area contributed by atoms with Gasteiger partial charge in [-0.15, -0.1) is 5.10 Å². The number of aromatic carboxylic acids is 1. The fourth-order valence-electron chi connectivity index (χ4n) is 1.79. The molecular formula is C12H18N6O2. The zero-order valence-electron chi connectivity index (χ0n) is 11.1. The van der Waals surface area contributed by atoms with Gasteiger partial charge in [-0.25, -0.2) is 9.78 Å². The molecule has 0 amide bonds. The average molecular weight is 278 g/mol. The molecule has 2 aromatic rings. The molecule has 0 saturated heterocycles. The average Bonchev–Trinajstić information content (AvgIpc) is 3.08. The Labute approximate surface area is 116 Å². The van der Waals surface area contributed by atoms with Crippen LogP contribution >= 0.6 is 0 Å². The molecule has 8 nitrogen and oxygen atoms in total. The predicted octanol–water partition coefficient (Wildman–Crippen LogP) is 0.243. The molecule has 0 aliphatic heterocycles. The van der Waals surface area contributed by atoms with E-state index in [0.717, 1.165) is 32.5 Å². The van der Waals surface area contributed by atoms with Gasteiger partial charge in [-0.2, -0.15) is 0 Å². The fraction of sp³-hybridized carbons (Fsp3) is 0.500. The SMILES string of the molecule is O=C(O)c1cn(CCNCCCCn2ccnc2)nn1. The lowest BCUT2D eigenvalue weighted by atomic mass is 10.3. The Morgan fingerprint density at radius 3 is 2.90 bits per heavy atom. The minimum atomic E-state index is -1.05. The lowest BCUT2D eigenvalue weighted by molar-refractivity contribution is 0.0690. The highest BCUT2D eigenvalue weighted by atomic mass is 16.4. The highest BCUT2D eigenvalue weighted by Crippen LogP contribution is 1.94. The summed E-state index contributed by atoms with van der Waals surface area (Å²) < 4.78 is 3.59. The van der Waals surface area contributed by atoms with Gasteiger partial charge in [-0.05, 0) is 19.4 Å².